The Morgan fingerprint density at radius 2 is 2.24 bits per heavy atom. The lowest BCUT2D eigenvalue weighted by Gasteiger charge is -2.33. The Kier molecular flexibility index (Phi) is 3.76. The van der Waals surface area contributed by atoms with E-state index in [1.807, 2.05) is 23.8 Å². The number of ketones is 1. The van der Waals surface area contributed by atoms with Crippen LogP contribution in [0.3, 0.4) is 0 Å². The fourth-order valence-electron chi connectivity index (χ4n) is 3.25. The minimum atomic E-state index is -0.495. The summed E-state index contributed by atoms with van der Waals surface area (Å²) in [4.78, 5) is 29.2. The second kappa shape index (κ2) is 5.56. The fraction of sp³-hybridized carbons (Fsp3) is 0.438. The third kappa shape index (κ3) is 2.35. The average molecular weight is 303 g/mol. The Hall–Kier alpha value is -1.75. The number of esters is 1. The predicted molar refractivity (Wildman–Crippen MR) is 81.6 cm³/mol. The highest BCUT2D eigenvalue weighted by Crippen LogP contribution is 2.43. The van der Waals surface area contributed by atoms with Crippen LogP contribution in [0.25, 0.3) is 0 Å². The summed E-state index contributed by atoms with van der Waals surface area (Å²) in [5, 5.41) is 3.98. The van der Waals surface area contributed by atoms with E-state index in [0.29, 0.717) is 6.42 Å². The first-order valence-corrected chi connectivity index (χ1v) is 7.99. The summed E-state index contributed by atoms with van der Waals surface area (Å²) in [6.07, 6.45) is 2.20. The molecule has 0 amide bonds. The van der Waals surface area contributed by atoms with Gasteiger partial charge < -0.3 is 4.74 Å². The zero-order valence-electron chi connectivity index (χ0n) is 12.1. The second-order valence-corrected chi connectivity index (χ2v) is 6.21. The molecule has 0 bridgehead atoms. The molecule has 2 atom stereocenters. The van der Waals surface area contributed by atoms with E-state index in [1.165, 1.54) is 7.11 Å². The molecule has 0 saturated heterocycles. The number of hydrogen-bond donors (Lipinski definition) is 0. The molecule has 0 spiro atoms. The molecular formula is C16H17NO3S. The number of carbonyl (C=O) groups excluding carboxylic acids is 2. The number of methoxy groups -OCH3 is 1. The van der Waals surface area contributed by atoms with Crippen molar-refractivity contribution in [1.82, 2.24) is 0 Å². The number of nitrogens with zero attached hydrogens (tertiary/aromatic N) is 1. The summed E-state index contributed by atoms with van der Waals surface area (Å²) in [6, 6.07) is 1.98. The minimum absolute atomic E-state index is 0.123. The number of allylic oxidation sites excluding steroid dienone is 2. The molecule has 1 unspecified atom stereocenters. The van der Waals surface area contributed by atoms with Crippen molar-refractivity contribution >= 4 is 28.8 Å². The van der Waals surface area contributed by atoms with Crippen molar-refractivity contribution in [2.75, 3.05) is 7.11 Å². The maximum Gasteiger partial charge on any atom is 0.315 e. The van der Waals surface area contributed by atoms with E-state index >= 15 is 0 Å². The molecule has 2 aliphatic rings. The Labute approximate surface area is 127 Å². The summed E-state index contributed by atoms with van der Waals surface area (Å²) in [6.45, 7) is 1.85. The van der Waals surface area contributed by atoms with E-state index in [2.05, 4.69) is 4.99 Å². The highest BCUT2D eigenvalue weighted by molar-refractivity contribution is 7.08. The Bertz CT molecular complexity index is 642. The Morgan fingerprint density at radius 3 is 2.90 bits per heavy atom. The van der Waals surface area contributed by atoms with Gasteiger partial charge in [-0.15, -0.1) is 0 Å². The maximum atomic E-state index is 12.4. The highest BCUT2D eigenvalue weighted by atomic mass is 32.1. The van der Waals surface area contributed by atoms with Gasteiger partial charge in [0.15, 0.2) is 5.78 Å². The molecule has 4 nitrogen and oxygen atoms in total. The minimum Gasteiger partial charge on any atom is -0.468 e. The molecule has 0 aromatic carbocycles. The van der Waals surface area contributed by atoms with Crippen molar-refractivity contribution in [3.63, 3.8) is 0 Å². The molecular weight excluding hydrogens is 286 g/mol. The number of ether oxygens (including phenoxy) is 1. The van der Waals surface area contributed by atoms with Gasteiger partial charge in [-0.05, 0) is 42.2 Å². The molecule has 0 saturated carbocycles. The van der Waals surface area contributed by atoms with E-state index in [-0.39, 0.29) is 17.7 Å². The van der Waals surface area contributed by atoms with Crippen molar-refractivity contribution in [3.8, 4) is 0 Å². The van der Waals surface area contributed by atoms with Gasteiger partial charge in [0.2, 0.25) is 0 Å². The van der Waals surface area contributed by atoms with Gasteiger partial charge in [-0.2, -0.15) is 11.3 Å². The van der Waals surface area contributed by atoms with Crippen LogP contribution in [0.1, 0.15) is 37.7 Å². The van der Waals surface area contributed by atoms with E-state index in [9.17, 15) is 9.59 Å². The monoisotopic (exact) mass is 303 g/mol. The number of aliphatic imine (C=N–C) groups is 1. The first-order chi connectivity index (χ1) is 10.1. The standard InChI is InChI=1S/C16H17NO3S/c1-9-13(16(19)20-2)14(10-6-7-21-8-10)15-11(17-9)4-3-5-12(15)18/h6-8,13-14H,3-5H2,1-2H3/t13?,14-/m1/s1. The fourth-order valence-corrected chi connectivity index (χ4v) is 3.95. The summed E-state index contributed by atoms with van der Waals surface area (Å²) in [5.74, 6) is -0.940. The van der Waals surface area contributed by atoms with Crippen molar-refractivity contribution in [1.29, 1.82) is 0 Å². The van der Waals surface area contributed by atoms with E-state index in [0.717, 1.165) is 35.4 Å². The van der Waals surface area contributed by atoms with Crippen molar-refractivity contribution in [2.24, 2.45) is 10.9 Å². The lowest BCUT2D eigenvalue weighted by Crippen LogP contribution is -2.36. The van der Waals surface area contributed by atoms with Crippen molar-refractivity contribution < 1.29 is 14.3 Å². The van der Waals surface area contributed by atoms with E-state index < -0.39 is 5.92 Å². The van der Waals surface area contributed by atoms with Crippen LogP contribution in [0.15, 0.2) is 33.1 Å². The Morgan fingerprint density at radius 1 is 1.43 bits per heavy atom. The molecule has 5 heteroatoms. The molecule has 1 aliphatic heterocycles. The quantitative estimate of drug-likeness (QED) is 0.789. The lowest BCUT2D eigenvalue weighted by atomic mass is 9.72. The smallest absolute Gasteiger partial charge is 0.315 e. The molecule has 3 rings (SSSR count). The van der Waals surface area contributed by atoms with Crippen LogP contribution in [0.4, 0.5) is 0 Å². The van der Waals surface area contributed by atoms with E-state index in [1.54, 1.807) is 11.3 Å². The molecule has 2 heterocycles. The molecule has 21 heavy (non-hydrogen) atoms. The number of carbonyl (C=O) groups is 2. The number of thiophene rings is 1. The third-order valence-electron chi connectivity index (χ3n) is 4.19. The summed E-state index contributed by atoms with van der Waals surface area (Å²) >= 11 is 1.57. The SMILES string of the molecule is COC(=O)C1C(C)=NC2=C(C(=O)CCC2)[C@@H]1c1ccsc1. The molecule has 0 radical (unpaired) electrons. The van der Waals surface area contributed by atoms with Gasteiger partial charge in [0.25, 0.3) is 0 Å². The summed E-state index contributed by atoms with van der Waals surface area (Å²) in [7, 11) is 1.38. The highest BCUT2D eigenvalue weighted by Gasteiger charge is 2.42. The van der Waals surface area contributed by atoms with Gasteiger partial charge in [-0.25, -0.2) is 0 Å². The molecule has 1 aromatic heterocycles. The Balaban J connectivity index is 2.16. The molecule has 1 aromatic rings. The van der Waals surface area contributed by atoms with Crippen molar-refractivity contribution in [3.05, 3.63) is 33.7 Å². The zero-order chi connectivity index (χ0) is 15.0. The first-order valence-electron chi connectivity index (χ1n) is 7.05. The zero-order valence-corrected chi connectivity index (χ0v) is 12.9. The van der Waals surface area contributed by atoms with Gasteiger partial charge in [0, 0.05) is 29.3 Å². The predicted octanol–water partition coefficient (Wildman–Crippen LogP) is 3.10. The van der Waals surface area contributed by atoms with Gasteiger partial charge in [0.05, 0.1) is 7.11 Å². The van der Waals surface area contributed by atoms with Crippen LogP contribution in [-0.4, -0.2) is 24.6 Å². The summed E-state index contributed by atoms with van der Waals surface area (Å²) < 4.78 is 4.95. The molecule has 1 aliphatic carbocycles. The third-order valence-corrected chi connectivity index (χ3v) is 4.89. The van der Waals surface area contributed by atoms with Crippen LogP contribution in [0, 0.1) is 5.92 Å². The first kappa shape index (κ1) is 14.2. The van der Waals surface area contributed by atoms with Crippen LogP contribution in [-0.2, 0) is 14.3 Å². The van der Waals surface area contributed by atoms with Crippen molar-refractivity contribution in [2.45, 2.75) is 32.1 Å². The molecule has 0 N–H and O–H groups in total. The van der Waals surface area contributed by atoms with Crippen LogP contribution in [0.2, 0.25) is 0 Å². The van der Waals surface area contributed by atoms with Gasteiger partial charge in [0.1, 0.15) is 5.92 Å². The summed E-state index contributed by atoms with van der Waals surface area (Å²) in [5.41, 5.74) is 3.33. The van der Waals surface area contributed by atoms with Gasteiger partial charge in [-0.1, -0.05) is 0 Å². The van der Waals surface area contributed by atoms with E-state index in [4.69, 9.17) is 4.74 Å². The van der Waals surface area contributed by atoms with Crippen LogP contribution >= 0.6 is 11.3 Å². The van der Waals surface area contributed by atoms with Gasteiger partial charge >= 0.3 is 5.97 Å². The topological polar surface area (TPSA) is 55.7 Å². The van der Waals surface area contributed by atoms with Gasteiger partial charge in [-0.3, -0.25) is 14.6 Å². The maximum absolute atomic E-state index is 12.4. The van der Waals surface area contributed by atoms with Crippen LogP contribution < -0.4 is 0 Å². The second-order valence-electron chi connectivity index (χ2n) is 5.43. The lowest BCUT2D eigenvalue weighted by molar-refractivity contribution is -0.143. The molecule has 110 valence electrons. The number of Topliss-reactive ketones (excluding diaryl/α,β-unsaturated/α-hetero) is 1. The average Bonchev–Trinajstić information content (AvgIpc) is 2.99. The normalized spacial score (nSPS) is 25.4. The number of rotatable bonds is 2. The largest absolute Gasteiger partial charge is 0.468 e. The van der Waals surface area contributed by atoms with Crippen LogP contribution in [0.5, 0.6) is 0 Å². The molecule has 0 fully saturated rings. The number of hydrogen-bond acceptors (Lipinski definition) is 5.